The summed E-state index contributed by atoms with van der Waals surface area (Å²) in [7, 11) is 1.71. The molecule has 0 unspecified atom stereocenters. The van der Waals surface area contributed by atoms with Crippen LogP contribution in [-0.2, 0) is 20.0 Å². The van der Waals surface area contributed by atoms with Crippen molar-refractivity contribution >= 4 is 11.6 Å². The van der Waals surface area contributed by atoms with Gasteiger partial charge in [0.15, 0.2) is 6.29 Å². The number of methoxy groups -OCH3 is 1. The normalized spacial score (nSPS) is 32.9. The number of hydrogen-bond donors (Lipinski definition) is 0. The van der Waals surface area contributed by atoms with E-state index in [-0.39, 0.29) is 18.1 Å². The Labute approximate surface area is 141 Å². The van der Waals surface area contributed by atoms with Crippen molar-refractivity contribution in [3.63, 3.8) is 0 Å². The Morgan fingerprint density at radius 1 is 1.09 bits per heavy atom. The molecule has 2 heterocycles. The van der Waals surface area contributed by atoms with Crippen LogP contribution in [0.1, 0.15) is 23.5 Å². The van der Waals surface area contributed by atoms with Crippen molar-refractivity contribution in [3.8, 4) is 0 Å². The van der Waals surface area contributed by atoms with Crippen LogP contribution in [0.3, 0.4) is 0 Å². The van der Waals surface area contributed by atoms with Crippen LogP contribution in [-0.4, -0.2) is 20.0 Å². The quantitative estimate of drug-likeness (QED) is 0.839. The Hall–Kier alpha value is -1.39. The van der Waals surface area contributed by atoms with E-state index in [1.165, 1.54) is 0 Å². The minimum atomic E-state index is -0.829. The third-order valence-corrected chi connectivity index (χ3v) is 5.17. The second kappa shape index (κ2) is 5.91. The molecule has 0 saturated carbocycles. The van der Waals surface area contributed by atoms with Crippen LogP contribution in [0.15, 0.2) is 54.6 Å². The second-order valence-electron chi connectivity index (χ2n) is 6.08. The van der Waals surface area contributed by atoms with E-state index in [1.54, 1.807) is 7.11 Å². The molecule has 0 radical (unpaired) electrons. The predicted octanol–water partition coefficient (Wildman–Crippen LogP) is 4.32. The van der Waals surface area contributed by atoms with Crippen molar-refractivity contribution < 1.29 is 14.2 Å². The zero-order valence-corrected chi connectivity index (χ0v) is 13.7. The molecule has 2 aromatic carbocycles. The largest absolute Gasteiger partial charge is 0.352 e. The lowest BCUT2D eigenvalue weighted by Crippen LogP contribution is -2.35. The van der Waals surface area contributed by atoms with Gasteiger partial charge in [0.2, 0.25) is 5.79 Å². The molecule has 0 bridgehead atoms. The summed E-state index contributed by atoms with van der Waals surface area (Å²) in [5, 5.41) is 0.731. The number of fused-ring (bicyclic) bond motifs is 1. The highest BCUT2D eigenvalue weighted by molar-refractivity contribution is 6.30. The number of rotatable bonds is 3. The zero-order valence-electron chi connectivity index (χ0n) is 12.9. The molecule has 4 heteroatoms. The maximum Gasteiger partial charge on any atom is 0.204 e. The van der Waals surface area contributed by atoms with E-state index in [0.717, 1.165) is 29.2 Å². The predicted molar refractivity (Wildman–Crippen MR) is 88.3 cm³/mol. The summed E-state index contributed by atoms with van der Waals surface area (Å²) >= 11 is 6.06. The summed E-state index contributed by atoms with van der Waals surface area (Å²) in [6, 6.07) is 18.1. The van der Waals surface area contributed by atoms with Crippen LogP contribution in [0.2, 0.25) is 5.02 Å². The molecule has 2 aliphatic heterocycles. The van der Waals surface area contributed by atoms with Crippen LogP contribution in [0.4, 0.5) is 0 Å². The molecule has 4 rings (SSSR count). The van der Waals surface area contributed by atoms with Gasteiger partial charge in [0.1, 0.15) is 0 Å². The first-order valence-corrected chi connectivity index (χ1v) is 8.28. The molecule has 120 valence electrons. The standard InChI is InChI=1S/C19H19ClO3/c1-21-19(14-5-3-2-4-6-14)17(13-7-9-15(20)10-8-13)16-11-12-22-18(16)23-19/h2-10,16-18H,11-12H2,1H3/t16-,17+,18+,19-/m0/s1. The van der Waals surface area contributed by atoms with Gasteiger partial charge in [0.25, 0.3) is 0 Å². The molecule has 4 atom stereocenters. The monoisotopic (exact) mass is 330 g/mol. The summed E-state index contributed by atoms with van der Waals surface area (Å²) in [5.41, 5.74) is 2.18. The third-order valence-electron chi connectivity index (χ3n) is 4.92. The van der Waals surface area contributed by atoms with E-state index in [1.807, 2.05) is 42.5 Å². The molecule has 2 saturated heterocycles. The maximum atomic E-state index is 6.33. The van der Waals surface area contributed by atoms with Gasteiger partial charge < -0.3 is 14.2 Å². The van der Waals surface area contributed by atoms with Crippen LogP contribution >= 0.6 is 11.6 Å². The van der Waals surface area contributed by atoms with Crippen LogP contribution in [0, 0.1) is 5.92 Å². The Kier molecular flexibility index (Phi) is 3.90. The highest BCUT2D eigenvalue weighted by Crippen LogP contribution is 2.56. The Morgan fingerprint density at radius 3 is 2.52 bits per heavy atom. The van der Waals surface area contributed by atoms with Crippen molar-refractivity contribution in [1.82, 2.24) is 0 Å². The first-order chi connectivity index (χ1) is 11.2. The highest BCUT2D eigenvalue weighted by atomic mass is 35.5. The topological polar surface area (TPSA) is 27.7 Å². The summed E-state index contributed by atoms with van der Waals surface area (Å²) in [4.78, 5) is 0. The minimum Gasteiger partial charge on any atom is -0.352 e. The second-order valence-corrected chi connectivity index (χ2v) is 6.51. The summed E-state index contributed by atoms with van der Waals surface area (Å²) in [6.07, 6.45) is 0.742. The van der Waals surface area contributed by atoms with Gasteiger partial charge in [-0.05, 0) is 24.1 Å². The smallest absolute Gasteiger partial charge is 0.204 e. The lowest BCUT2D eigenvalue weighted by atomic mass is 9.78. The van der Waals surface area contributed by atoms with Gasteiger partial charge in [0.05, 0.1) is 12.5 Å². The Bertz CT molecular complexity index is 673. The molecule has 0 aliphatic carbocycles. The number of ether oxygens (including phenoxy) is 3. The fourth-order valence-electron chi connectivity index (χ4n) is 3.90. The molecule has 2 fully saturated rings. The summed E-state index contributed by atoms with van der Waals surface area (Å²) in [6.45, 7) is 0.730. The molecule has 2 aliphatic rings. The molecule has 23 heavy (non-hydrogen) atoms. The fourth-order valence-corrected chi connectivity index (χ4v) is 4.03. The van der Waals surface area contributed by atoms with Crippen LogP contribution < -0.4 is 0 Å². The van der Waals surface area contributed by atoms with E-state index in [9.17, 15) is 0 Å². The average Bonchev–Trinajstić information content (AvgIpc) is 3.15. The van der Waals surface area contributed by atoms with Gasteiger partial charge in [-0.2, -0.15) is 0 Å². The summed E-state index contributed by atoms with van der Waals surface area (Å²) < 4.78 is 18.1. The number of hydrogen-bond acceptors (Lipinski definition) is 3. The Balaban J connectivity index is 1.84. The van der Waals surface area contributed by atoms with Gasteiger partial charge in [-0.1, -0.05) is 54.1 Å². The Morgan fingerprint density at radius 2 is 1.83 bits per heavy atom. The SMILES string of the molecule is CO[C@@]1(c2ccccc2)O[C@H]2OCC[C@H]2[C@H]1c1ccc(Cl)cc1. The number of halogens is 1. The molecule has 3 nitrogen and oxygen atoms in total. The zero-order chi connectivity index (χ0) is 15.9. The molecular weight excluding hydrogens is 312 g/mol. The van der Waals surface area contributed by atoms with Gasteiger partial charge in [-0.15, -0.1) is 0 Å². The first kappa shape index (κ1) is 15.2. The van der Waals surface area contributed by atoms with Gasteiger partial charge in [-0.3, -0.25) is 0 Å². The van der Waals surface area contributed by atoms with E-state index in [2.05, 4.69) is 12.1 Å². The van der Waals surface area contributed by atoms with Crippen molar-refractivity contribution in [2.45, 2.75) is 24.4 Å². The van der Waals surface area contributed by atoms with Crippen molar-refractivity contribution in [3.05, 3.63) is 70.7 Å². The molecule has 0 spiro atoms. The first-order valence-electron chi connectivity index (χ1n) is 7.90. The molecule has 0 aromatic heterocycles. The molecule has 0 N–H and O–H groups in total. The van der Waals surface area contributed by atoms with E-state index in [0.29, 0.717) is 0 Å². The summed E-state index contributed by atoms with van der Waals surface area (Å²) in [5.74, 6) is -0.485. The van der Waals surface area contributed by atoms with E-state index < -0.39 is 5.79 Å². The lowest BCUT2D eigenvalue weighted by Gasteiger charge is -2.35. The van der Waals surface area contributed by atoms with E-state index >= 15 is 0 Å². The van der Waals surface area contributed by atoms with Gasteiger partial charge in [-0.25, -0.2) is 0 Å². The molecule has 2 aromatic rings. The minimum absolute atomic E-state index is 0.0691. The lowest BCUT2D eigenvalue weighted by molar-refractivity contribution is -0.270. The van der Waals surface area contributed by atoms with Gasteiger partial charge in [0, 0.05) is 23.6 Å². The van der Waals surface area contributed by atoms with Crippen LogP contribution in [0.25, 0.3) is 0 Å². The van der Waals surface area contributed by atoms with Gasteiger partial charge >= 0.3 is 0 Å². The van der Waals surface area contributed by atoms with Crippen molar-refractivity contribution in [1.29, 1.82) is 0 Å². The fraction of sp³-hybridized carbons (Fsp3) is 0.368. The third kappa shape index (κ3) is 2.39. The maximum absolute atomic E-state index is 6.33. The van der Waals surface area contributed by atoms with Crippen LogP contribution in [0.5, 0.6) is 0 Å². The molecular formula is C19H19ClO3. The average molecular weight is 331 g/mol. The van der Waals surface area contributed by atoms with Crippen molar-refractivity contribution in [2.24, 2.45) is 5.92 Å². The van der Waals surface area contributed by atoms with Crippen molar-refractivity contribution in [2.75, 3.05) is 13.7 Å². The van der Waals surface area contributed by atoms with E-state index in [4.69, 9.17) is 25.8 Å². The highest BCUT2D eigenvalue weighted by Gasteiger charge is 2.59. The number of benzene rings is 2. The molecule has 0 amide bonds.